The largest absolute Gasteiger partial charge is 0.493 e. The molecule has 2 rings (SSSR count). The summed E-state index contributed by atoms with van der Waals surface area (Å²) in [5, 5.41) is 4.31. The lowest BCUT2D eigenvalue weighted by Crippen LogP contribution is -2.31. The molecule has 1 aromatic carbocycles. The second kappa shape index (κ2) is 6.36. The summed E-state index contributed by atoms with van der Waals surface area (Å²) in [5.41, 5.74) is 4.86. The number of hydrogen-bond donors (Lipinski definition) is 2. The number of hydrogen-bond acceptors (Lipinski definition) is 4. The average Bonchev–Trinajstić information content (AvgIpc) is 2.85. The van der Waals surface area contributed by atoms with Gasteiger partial charge in [0.1, 0.15) is 5.69 Å². The van der Waals surface area contributed by atoms with Gasteiger partial charge in [-0.1, -0.05) is 12.1 Å². The third-order valence-electron chi connectivity index (χ3n) is 3.01. The van der Waals surface area contributed by atoms with Gasteiger partial charge in [-0.15, -0.1) is 0 Å². The van der Waals surface area contributed by atoms with Crippen molar-refractivity contribution in [3.63, 3.8) is 0 Å². The summed E-state index contributed by atoms with van der Waals surface area (Å²) in [6, 6.07) is 8.07. The molecule has 1 heterocycles. The van der Waals surface area contributed by atoms with Crippen LogP contribution < -0.4 is 16.0 Å². The molecule has 0 saturated heterocycles. The molecule has 0 aliphatic carbocycles. The number of halogens is 1. The van der Waals surface area contributed by atoms with Crippen LogP contribution in [0.5, 0.6) is 5.75 Å². The first kappa shape index (κ1) is 14.3. The fourth-order valence-electron chi connectivity index (χ4n) is 2.07. The summed E-state index contributed by atoms with van der Waals surface area (Å²) in [6.45, 7) is 2.80. The van der Waals surface area contributed by atoms with Crippen molar-refractivity contribution in [2.75, 3.05) is 7.11 Å². The Labute approximate surface area is 126 Å². The van der Waals surface area contributed by atoms with Gasteiger partial charge in [0.25, 0.3) is 0 Å². The van der Waals surface area contributed by atoms with Gasteiger partial charge in [0, 0.05) is 10.1 Å². The molecule has 6 heteroatoms. The lowest BCUT2D eigenvalue weighted by Gasteiger charge is -2.19. The van der Waals surface area contributed by atoms with E-state index in [-0.39, 0.29) is 6.04 Å². The first-order valence-electron chi connectivity index (χ1n) is 6.02. The van der Waals surface area contributed by atoms with Crippen molar-refractivity contribution in [1.82, 2.24) is 15.2 Å². The Morgan fingerprint density at radius 1 is 1.42 bits per heavy atom. The van der Waals surface area contributed by atoms with Crippen molar-refractivity contribution in [2.24, 2.45) is 5.84 Å². The molecule has 1 aromatic heterocycles. The second-order valence-corrected chi connectivity index (χ2v) is 5.31. The number of rotatable bonds is 5. The molecule has 0 amide bonds. The first-order chi connectivity index (χ1) is 9.21. The molecule has 0 bridgehead atoms. The number of nitrogens with zero attached hydrogens (tertiary/aromatic N) is 2. The van der Waals surface area contributed by atoms with Gasteiger partial charge < -0.3 is 4.74 Å². The molecule has 0 aliphatic heterocycles. The summed E-state index contributed by atoms with van der Waals surface area (Å²) in [4.78, 5) is 0. The molecule has 0 radical (unpaired) electrons. The zero-order valence-corrected chi connectivity index (χ0v) is 13.1. The normalized spacial score (nSPS) is 12.4. The minimum atomic E-state index is -0.144. The SMILES string of the molecule is CCn1ncc(OC)c1C(NN)c1ccc(I)cc1. The van der Waals surface area contributed by atoms with E-state index in [1.54, 1.807) is 13.3 Å². The van der Waals surface area contributed by atoms with Crippen molar-refractivity contribution in [2.45, 2.75) is 19.5 Å². The number of methoxy groups -OCH3 is 1. The molecule has 102 valence electrons. The van der Waals surface area contributed by atoms with E-state index >= 15 is 0 Å². The molecule has 19 heavy (non-hydrogen) atoms. The predicted molar refractivity (Wildman–Crippen MR) is 82.8 cm³/mol. The number of aryl methyl sites for hydroxylation is 1. The van der Waals surface area contributed by atoms with Crippen molar-refractivity contribution in [3.8, 4) is 5.75 Å². The van der Waals surface area contributed by atoms with E-state index in [4.69, 9.17) is 10.6 Å². The molecular formula is C13H17IN4O. The molecule has 0 saturated carbocycles. The fourth-order valence-corrected chi connectivity index (χ4v) is 2.43. The van der Waals surface area contributed by atoms with Gasteiger partial charge >= 0.3 is 0 Å². The molecule has 0 fully saturated rings. The third-order valence-corrected chi connectivity index (χ3v) is 3.73. The van der Waals surface area contributed by atoms with Crippen LogP contribution in [-0.4, -0.2) is 16.9 Å². The molecule has 0 spiro atoms. The maximum Gasteiger partial charge on any atom is 0.161 e. The minimum absolute atomic E-state index is 0.144. The molecule has 3 N–H and O–H groups in total. The molecule has 1 unspecified atom stereocenters. The Kier molecular flexibility index (Phi) is 4.78. The van der Waals surface area contributed by atoms with E-state index in [1.165, 1.54) is 3.57 Å². The lowest BCUT2D eigenvalue weighted by molar-refractivity contribution is 0.399. The summed E-state index contributed by atoms with van der Waals surface area (Å²) >= 11 is 2.28. The quantitative estimate of drug-likeness (QED) is 0.479. The van der Waals surface area contributed by atoms with Gasteiger partial charge in [0.2, 0.25) is 0 Å². The second-order valence-electron chi connectivity index (χ2n) is 4.07. The topological polar surface area (TPSA) is 65.1 Å². The van der Waals surface area contributed by atoms with Crippen LogP contribution in [0.2, 0.25) is 0 Å². The summed E-state index contributed by atoms with van der Waals surface area (Å²) in [5.74, 6) is 6.47. The van der Waals surface area contributed by atoms with E-state index in [2.05, 4.69) is 57.4 Å². The van der Waals surface area contributed by atoms with Crippen LogP contribution in [0.4, 0.5) is 0 Å². The molecule has 5 nitrogen and oxygen atoms in total. The number of nitrogens with one attached hydrogen (secondary N) is 1. The highest BCUT2D eigenvalue weighted by Crippen LogP contribution is 2.29. The Bertz CT molecular complexity index is 517. The lowest BCUT2D eigenvalue weighted by atomic mass is 10.0. The van der Waals surface area contributed by atoms with Crippen LogP contribution in [0.3, 0.4) is 0 Å². The number of aromatic nitrogens is 2. The zero-order valence-electron chi connectivity index (χ0n) is 10.9. The Morgan fingerprint density at radius 2 is 2.11 bits per heavy atom. The van der Waals surface area contributed by atoms with Crippen molar-refractivity contribution in [3.05, 3.63) is 45.3 Å². The maximum absolute atomic E-state index is 5.73. The van der Waals surface area contributed by atoms with Crippen LogP contribution in [0.25, 0.3) is 0 Å². The zero-order chi connectivity index (χ0) is 13.8. The molecule has 1 atom stereocenters. The van der Waals surface area contributed by atoms with Crippen LogP contribution >= 0.6 is 22.6 Å². The van der Waals surface area contributed by atoms with Gasteiger partial charge in [-0.3, -0.25) is 10.5 Å². The van der Waals surface area contributed by atoms with Gasteiger partial charge in [-0.25, -0.2) is 5.43 Å². The number of benzene rings is 1. The van der Waals surface area contributed by atoms with Crippen molar-refractivity contribution in [1.29, 1.82) is 0 Å². The van der Waals surface area contributed by atoms with E-state index in [0.717, 1.165) is 23.6 Å². The van der Waals surface area contributed by atoms with Crippen LogP contribution in [0, 0.1) is 3.57 Å². The average molecular weight is 372 g/mol. The Balaban J connectivity index is 2.46. The monoisotopic (exact) mass is 372 g/mol. The number of hydrazine groups is 1. The fraction of sp³-hybridized carbons (Fsp3) is 0.308. The standard InChI is InChI=1S/C13H17IN4O/c1-3-18-13(11(19-2)8-16-18)12(17-15)9-4-6-10(14)7-5-9/h4-8,12,17H,3,15H2,1-2H3. The number of nitrogens with two attached hydrogens (primary N) is 1. The highest BCUT2D eigenvalue weighted by molar-refractivity contribution is 14.1. The van der Waals surface area contributed by atoms with Gasteiger partial charge in [-0.2, -0.15) is 5.10 Å². The highest BCUT2D eigenvalue weighted by atomic mass is 127. The summed E-state index contributed by atoms with van der Waals surface area (Å²) in [7, 11) is 1.64. The van der Waals surface area contributed by atoms with Gasteiger partial charge in [-0.05, 0) is 47.2 Å². The highest BCUT2D eigenvalue weighted by Gasteiger charge is 2.22. The van der Waals surface area contributed by atoms with E-state index < -0.39 is 0 Å². The third kappa shape index (κ3) is 2.90. The van der Waals surface area contributed by atoms with E-state index in [1.807, 2.05) is 11.6 Å². The minimum Gasteiger partial charge on any atom is -0.493 e. The predicted octanol–water partition coefficient (Wildman–Crippen LogP) is 2.07. The van der Waals surface area contributed by atoms with Crippen LogP contribution in [0.1, 0.15) is 24.2 Å². The van der Waals surface area contributed by atoms with E-state index in [0.29, 0.717) is 0 Å². The summed E-state index contributed by atoms with van der Waals surface area (Å²) < 4.78 is 8.45. The number of ether oxygens (including phenoxy) is 1. The summed E-state index contributed by atoms with van der Waals surface area (Å²) in [6.07, 6.45) is 1.72. The van der Waals surface area contributed by atoms with Crippen molar-refractivity contribution >= 4 is 22.6 Å². The smallest absolute Gasteiger partial charge is 0.161 e. The van der Waals surface area contributed by atoms with Crippen LogP contribution in [0.15, 0.2) is 30.5 Å². The first-order valence-corrected chi connectivity index (χ1v) is 7.10. The molecular weight excluding hydrogens is 355 g/mol. The molecule has 2 aromatic rings. The van der Waals surface area contributed by atoms with Gasteiger partial charge in [0.05, 0.1) is 19.3 Å². The van der Waals surface area contributed by atoms with Crippen molar-refractivity contribution < 1.29 is 4.74 Å². The maximum atomic E-state index is 5.73. The Morgan fingerprint density at radius 3 is 2.63 bits per heavy atom. The van der Waals surface area contributed by atoms with Gasteiger partial charge in [0.15, 0.2) is 5.75 Å². The Hall–Kier alpha value is -1.12. The molecule has 0 aliphatic rings. The van der Waals surface area contributed by atoms with E-state index in [9.17, 15) is 0 Å². The van der Waals surface area contributed by atoms with Crippen LogP contribution in [-0.2, 0) is 6.54 Å².